The van der Waals surface area contributed by atoms with E-state index in [4.69, 9.17) is 11.6 Å². The van der Waals surface area contributed by atoms with Crippen LogP contribution in [0, 0.1) is 0 Å². The maximum absolute atomic E-state index is 11.5. The summed E-state index contributed by atoms with van der Waals surface area (Å²) in [6.07, 6.45) is -0.776. The van der Waals surface area contributed by atoms with Gasteiger partial charge in [0.05, 0.1) is 11.6 Å². The summed E-state index contributed by atoms with van der Waals surface area (Å²) in [5.41, 5.74) is 1.66. The van der Waals surface area contributed by atoms with Crippen LogP contribution in [0.25, 0.3) is 10.9 Å². The van der Waals surface area contributed by atoms with Crippen LogP contribution in [0.1, 0.15) is 17.2 Å². The third kappa shape index (κ3) is 3.85. The van der Waals surface area contributed by atoms with Crippen LogP contribution in [0.2, 0.25) is 5.02 Å². The Morgan fingerprint density at radius 2 is 1.92 bits per heavy atom. The monoisotopic (exact) mass is 358 g/mol. The highest BCUT2D eigenvalue weighted by Crippen LogP contribution is 2.29. The number of nitrogens with zero attached hydrogens (tertiary/aromatic N) is 1. The lowest BCUT2D eigenvalue weighted by atomic mass is 10.0. The molecule has 2 aromatic carbocycles. The van der Waals surface area contributed by atoms with Crippen LogP contribution in [0.5, 0.6) is 5.75 Å². The number of benzene rings is 2. The van der Waals surface area contributed by atoms with E-state index in [1.54, 1.807) is 12.1 Å². The van der Waals surface area contributed by atoms with Crippen LogP contribution in [0.4, 0.5) is 0 Å². The molecule has 0 aliphatic heterocycles. The largest absolute Gasteiger partial charge is 0.506 e. The van der Waals surface area contributed by atoms with Gasteiger partial charge in [-0.3, -0.25) is 9.69 Å². The SMILES string of the molecule is CN(Cc1ccccc1Cl)C[C@H](O)c1ccc(O)c2[nH]c(=O)ccc12. The van der Waals surface area contributed by atoms with Crippen molar-refractivity contribution in [1.82, 2.24) is 9.88 Å². The van der Waals surface area contributed by atoms with Crippen molar-refractivity contribution in [2.45, 2.75) is 12.6 Å². The van der Waals surface area contributed by atoms with Crippen LogP contribution in [0.15, 0.2) is 53.3 Å². The number of likely N-dealkylation sites (N-methyl/N-ethyl adjacent to an activating group) is 1. The molecule has 0 fully saturated rings. The van der Waals surface area contributed by atoms with E-state index in [1.807, 2.05) is 36.2 Å². The zero-order valence-electron chi connectivity index (χ0n) is 13.7. The molecule has 0 saturated carbocycles. The molecule has 1 heterocycles. The summed E-state index contributed by atoms with van der Waals surface area (Å²) in [4.78, 5) is 16.1. The lowest BCUT2D eigenvalue weighted by molar-refractivity contribution is 0.125. The van der Waals surface area contributed by atoms with E-state index in [9.17, 15) is 15.0 Å². The first-order valence-electron chi connectivity index (χ1n) is 7.90. The summed E-state index contributed by atoms with van der Waals surface area (Å²) < 4.78 is 0. The van der Waals surface area contributed by atoms with Gasteiger partial charge in [-0.15, -0.1) is 0 Å². The van der Waals surface area contributed by atoms with Crippen molar-refractivity contribution in [1.29, 1.82) is 0 Å². The average molecular weight is 359 g/mol. The van der Waals surface area contributed by atoms with Crippen LogP contribution < -0.4 is 5.56 Å². The Labute approximate surface area is 150 Å². The van der Waals surface area contributed by atoms with Gasteiger partial charge in [-0.1, -0.05) is 35.9 Å². The number of H-pyrrole nitrogens is 1. The Bertz CT molecular complexity index is 955. The molecule has 25 heavy (non-hydrogen) atoms. The fourth-order valence-corrected chi connectivity index (χ4v) is 3.12. The van der Waals surface area contributed by atoms with E-state index < -0.39 is 6.10 Å². The first-order chi connectivity index (χ1) is 12.0. The summed E-state index contributed by atoms with van der Waals surface area (Å²) >= 11 is 6.18. The molecule has 0 amide bonds. The van der Waals surface area contributed by atoms with Gasteiger partial charge in [-0.05, 0) is 36.4 Å². The summed E-state index contributed by atoms with van der Waals surface area (Å²) in [5.74, 6) is -0.0203. The lowest BCUT2D eigenvalue weighted by Gasteiger charge is -2.22. The number of aromatic nitrogens is 1. The number of aromatic amines is 1. The zero-order valence-corrected chi connectivity index (χ0v) is 14.5. The average Bonchev–Trinajstić information content (AvgIpc) is 2.57. The number of aliphatic hydroxyl groups excluding tert-OH is 1. The molecule has 0 aliphatic carbocycles. The van der Waals surface area contributed by atoms with Gasteiger partial charge in [-0.25, -0.2) is 0 Å². The third-order valence-electron chi connectivity index (χ3n) is 4.15. The van der Waals surface area contributed by atoms with Crippen LogP contribution in [0.3, 0.4) is 0 Å². The van der Waals surface area contributed by atoms with Gasteiger partial charge in [0.1, 0.15) is 5.75 Å². The number of aromatic hydroxyl groups is 1. The molecule has 0 aliphatic rings. The Kier molecular flexibility index (Phi) is 5.08. The van der Waals surface area contributed by atoms with Gasteiger partial charge in [0, 0.05) is 29.6 Å². The molecule has 1 atom stereocenters. The molecule has 0 radical (unpaired) electrons. The highest BCUT2D eigenvalue weighted by atomic mass is 35.5. The molecule has 0 unspecified atom stereocenters. The molecule has 130 valence electrons. The molecule has 0 spiro atoms. The van der Waals surface area contributed by atoms with Crippen molar-refractivity contribution >= 4 is 22.5 Å². The summed E-state index contributed by atoms with van der Waals surface area (Å²) in [6.45, 7) is 0.980. The van der Waals surface area contributed by atoms with Crippen molar-refractivity contribution in [2.24, 2.45) is 0 Å². The summed E-state index contributed by atoms with van der Waals surface area (Å²) in [5, 5.41) is 21.9. The van der Waals surface area contributed by atoms with Gasteiger partial charge in [-0.2, -0.15) is 0 Å². The van der Waals surface area contributed by atoms with Gasteiger partial charge >= 0.3 is 0 Å². The Hall–Kier alpha value is -2.34. The van der Waals surface area contributed by atoms with Crippen molar-refractivity contribution in [3.8, 4) is 5.75 Å². The van der Waals surface area contributed by atoms with Gasteiger partial charge in [0.15, 0.2) is 0 Å². The minimum atomic E-state index is -0.776. The van der Waals surface area contributed by atoms with E-state index in [-0.39, 0.29) is 11.3 Å². The number of fused-ring (bicyclic) bond motifs is 1. The molecule has 6 heteroatoms. The van der Waals surface area contributed by atoms with E-state index >= 15 is 0 Å². The smallest absolute Gasteiger partial charge is 0.248 e. The highest BCUT2D eigenvalue weighted by molar-refractivity contribution is 6.31. The highest BCUT2D eigenvalue weighted by Gasteiger charge is 2.16. The molecule has 5 nitrogen and oxygen atoms in total. The van der Waals surface area contributed by atoms with Crippen LogP contribution >= 0.6 is 11.6 Å². The van der Waals surface area contributed by atoms with Crippen molar-refractivity contribution in [2.75, 3.05) is 13.6 Å². The number of halogens is 1. The number of phenolic OH excluding ortho intramolecular Hbond substituents is 1. The molecule has 3 N–H and O–H groups in total. The Balaban J connectivity index is 1.83. The minimum absolute atomic E-state index is 0.0203. The minimum Gasteiger partial charge on any atom is -0.506 e. The van der Waals surface area contributed by atoms with E-state index in [0.29, 0.717) is 34.6 Å². The molecule has 0 bridgehead atoms. The predicted octanol–water partition coefficient (Wildman–Crippen LogP) is 3.05. The molecule has 1 aromatic heterocycles. The first-order valence-corrected chi connectivity index (χ1v) is 8.28. The second-order valence-corrected chi connectivity index (χ2v) is 6.50. The number of hydrogen-bond acceptors (Lipinski definition) is 4. The number of aliphatic hydroxyl groups is 1. The van der Waals surface area contributed by atoms with E-state index in [0.717, 1.165) is 5.56 Å². The summed E-state index contributed by atoms with van der Waals surface area (Å²) in [6, 6.07) is 13.7. The molecule has 3 rings (SSSR count). The van der Waals surface area contributed by atoms with Crippen molar-refractivity contribution in [3.63, 3.8) is 0 Å². The second-order valence-electron chi connectivity index (χ2n) is 6.09. The number of rotatable bonds is 5. The lowest BCUT2D eigenvalue weighted by Crippen LogP contribution is -2.24. The number of hydrogen-bond donors (Lipinski definition) is 3. The quantitative estimate of drug-likeness (QED) is 0.655. The van der Waals surface area contributed by atoms with Crippen LogP contribution in [-0.4, -0.2) is 33.7 Å². The van der Waals surface area contributed by atoms with Crippen molar-refractivity contribution in [3.05, 3.63) is 75.0 Å². The fourth-order valence-electron chi connectivity index (χ4n) is 2.93. The van der Waals surface area contributed by atoms with Crippen LogP contribution in [-0.2, 0) is 6.54 Å². The van der Waals surface area contributed by atoms with Gasteiger partial charge in [0.2, 0.25) is 5.56 Å². The number of nitrogens with one attached hydrogen (secondary N) is 1. The standard InChI is InChI=1S/C19H19ClN2O3/c1-22(10-12-4-2-3-5-15(12)20)11-17(24)13-6-8-16(23)19-14(13)7-9-18(25)21-19/h2-9,17,23-24H,10-11H2,1H3,(H,21,25)/t17-/m0/s1. The maximum Gasteiger partial charge on any atom is 0.248 e. The maximum atomic E-state index is 11.5. The van der Waals surface area contributed by atoms with Gasteiger partial charge < -0.3 is 15.2 Å². The normalized spacial score (nSPS) is 12.6. The fraction of sp³-hybridized carbons (Fsp3) is 0.211. The number of pyridine rings is 1. The first kappa shape index (κ1) is 17.5. The topological polar surface area (TPSA) is 76.6 Å². The molecule has 3 aromatic rings. The zero-order chi connectivity index (χ0) is 18.0. The second kappa shape index (κ2) is 7.27. The molecule has 0 saturated heterocycles. The van der Waals surface area contributed by atoms with E-state index in [2.05, 4.69) is 4.98 Å². The summed E-state index contributed by atoms with van der Waals surface area (Å²) in [7, 11) is 1.90. The van der Waals surface area contributed by atoms with Crippen molar-refractivity contribution < 1.29 is 10.2 Å². The van der Waals surface area contributed by atoms with Gasteiger partial charge in [0.25, 0.3) is 0 Å². The Morgan fingerprint density at radius 1 is 1.16 bits per heavy atom. The Morgan fingerprint density at radius 3 is 2.68 bits per heavy atom. The molecular weight excluding hydrogens is 340 g/mol. The van der Waals surface area contributed by atoms with E-state index in [1.165, 1.54) is 12.1 Å². The number of phenols is 1. The molecular formula is C19H19ClN2O3. The third-order valence-corrected chi connectivity index (χ3v) is 4.52. The predicted molar refractivity (Wildman–Crippen MR) is 99.0 cm³/mol.